The van der Waals surface area contributed by atoms with E-state index in [4.69, 9.17) is 0 Å². The Morgan fingerprint density at radius 2 is 0.769 bits per heavy atom. The average Bonchev–Trinajstić information content (AvgIpc) is 2.94. The van der Waals surface area contributed by atoms with Crippen LogP contribution in [-0.4, -0.2) is 42.7 Å². The van der Waals surface area contributed by atoms with Crippen molar-refractivity contribution in [3.8, 4) is 0 Å². The van der Waals surface area contributed by atoms with Crippen molar-refractivity contribution in [2.75, 3.05) is 19.6 Å². The predicted octanol–water partition coefficient (Wildman–Crippen LogP) is 7.93. The van der Waals surface area contributed by atoms with E-state index in [-0.39, 0.29) is 7.43 Å². The highest BCUT2D eigenvalue weighted by Gasteiger charge is 1.95. The molecule has 0 heterocycles. The van der Waals surface area contributed by atoms with Gasteiger partial charge in [-0.3, -0.25) is 8.47 Å². The van der Waals surface area contributed by atoms with Gasteiger partial charge in [-0.05, 0) is 28.5 Å². The smallest absolute Gasteiger partial charge is 0.274 e. The van der Waals surface area contributed by atoms with E-state index in [9.17, 15) is 16.8 Å². The molecule has 0 fully saturated rings. The number of benzene rings is 4. The zero-order valence-electron chi connectivity index (χ0n) is 23.5. The Labute approximate surface area is 236 Å². The molecule has 0 saturated carbocycles. The Morgan fingerprint density at radius 1 is 0.564 bits per heavy atom. The summed E-state index contributed by atoms with van der Waals surface area (Å²) >= 11 is 0. The molecule has 218 valence electrons. The van der Waals surface area contributed by atoms with E-state index < -0.39 is 20.2 Å². The fourth-order valence-electron chi connectivity index (χ4n) is 2.39. The molecular weight excluding hydrogens is 534 g/mol. The van der Waals surface area contributed by atoms with Crippen LogP contribution in [0.2, 0.25) is 0 Å². The van der Waals surface area contributed by atoms with Crippen molar-refractivity contribution in [3.63, 3.8) is 0 Å². The molecule has 0 spiro atoms. The summed E-state index contributed by atoms with van der Waals surface area (Å²) in [5.41, 5.74) is 0. The summed E-state index contributed by atoms with van der Waals surface area (Å²) in [6.07, 6.45) is 3.17. The number of fused-ring (bicyclic) bond motifs is 2. The highest BCUT2D eigenvalue weighted by atomic mass is 32.2. The van der Waals surface area contributed by atoms with Gasteiger partial charge in [-0.1, -0.05) is 137 Å². The molecule has 7 nitrogen and oxygen atoms in total. The van der Waals surface area contributed by atoms with Crippen molar-refractivity contribution in [3.05, 3.63) is 97.1 Å². The highest BCUT2D eigenvalue weighted by molar-refractivity contribution is 7.86. The molecule has 0 aliphatic heterocycles. The van der Waals surface area contributed by atoms with E-state index in [1.165, 1.54) is 27.8 Å². The van der Waals surface area contributed by atoms with Crippen LogP contribution in [0.3, 0.4) is 0 Å². The number of rotatable bonds is 3. The predicted molar refractivity (Wildman–Crippen MR) is 169 cm³/mol. The van der Waals surface area contributed by atoms with Crippen LogP contribution in [0.1, 0.15) is 42.0 Å². The van der Waals surface area contributed by atoms with Crippen LogP contribution < -0.4 is 0 Å². The van der Waals surface area contributed by atoms with Crippen molar-refractivity contribution < 1.29 is 25.3 Å². The van der Waals surface area contributed by atoms with E-state index in [0.717, 1.165) is 19.6 Å². The van der Waals surface area contributed by atoms with Crippen molar-refractivity contribution in [1.29, 1.82) is 0 Å². The van der Waals surface area contributed by atoms with Gasteiger partial charge in [0.15, 0.2) is 0 Å². The SMILES string of the molecule is C.CC.CC.CC=NOS(C)(=O)=O.COS(C)(=O)=O.c1ccc2ccccc2c1.c1ccc2ccccc2c1. The maximum Gasteiger partial charge on any atom is 0.325 e. The van der Waals surface area contributed by atoms with E-state index in [1.807, 2.05) is 27.7 Å². The summed E-state index contributed by atoms with van der Waals surface area (Å²) in [7, 11) is -5.43. The first-order valence-electron chi connectivity index (χ1n) is 12.1. The zero-order valence-corrected chi connectivity index (χ0v) is 25.2. The second-order valence-electron chi connectivity index (χ2n) is 6.71. The van der Waals surface area contributed by atoms with Crippen molar-refractivity contribution in [2.24, 2.45) is 5.16 Å². The molecule has 0 N–H and O–H groups in total. The first-order chi connectivity index (χ1) is 18.1. The van der Waals surface area contributed by atoms with Gasteiger partial charge in [-0.25, -0.2) is 0 Å². The summed E-state index contributed by atoms with van der Waals surface area (Å²) in [4.78, 5) is 0. The molecule has 0 aliphatic carbocycles. The molecule has 0 amide bonds. The van der Waals surface area contributed by atoms with Crippen LogP contribution in [0.15, 0.2) is 102 Å². The van der Waals surface area contributed by atoms with Crippen LogP contribution >= 0.6 is 0 Å². The quantitative estimate of drug-likeness (QED) is 0.139. The molecule has 0 aromatic heterocycles. The highest BCUT2D eigenvalue weighted by Crippen LogP contribution is 2.12. The minimum atomic E-state index is -3.38. The number of hydrogen-bond donors (Lipinski definition) is 0. The Balaban J connectivity index is -0.000000428. The number of hydrogen-bond acceptors (Lipinski definition) is 7. The molecule has 4 aromatic rings. The minimum absolute atomic E-state index is 0. The zero-order chi connectivity index (χ0) is 29.5. The van der Waals surface area contributed by atoms with E-state index in [2.05, 4.69) is 111 Å². The van der Waals surface area contributed by atoms with Gasteiger partial charge in [-0.2, -0.15) is 16.8 Å². The van der Waals surface area contributed by atoms with E-state index in [1.54, 1.807) is 6.92 Å². The third-order valence-electron chi connectivity index (χ3n) is 3.90. The number of nitrogens with zero attached hydrogens (tertiary/aromatic N) is 1. The van der Waals surface area contributed by atoms with Crippen molar-refractivity contribution in [1.82, 2.24) is 0 Å². The molecule has 0 saturated heterocycles. The maximum absolute atomic E-state index is 10.1. The normalized spacial score (nSPS) is 9.74. The Kier molecular flexibility index (Phi) is 24.6. The first-order valence-corrected chi connectivity index (χ1v) is 15.7. The maximum atomic E-state index is 10.1. The van der Waals surface area contributed by atoms with Gasteiger partial charge in [-0.15, -0.1) is 0 Å². The van der Waals surface area contributed by atoms with Gasteiger partial charge >= 0.3 is 10.1 Å². The molecule has 0 radical (unpaired) electrons. The summed E-state index contributed by atoms with van der Waals surface area (Å²) in [6, 6.07) is 33.4. The average molecular weight is 580 g/mol. The molecule has 39 heavy (non-hydrogen) atoms. The topological polar surface area (TPSA) is 99.1 Å². The lowest BCUT2D eigenvalue weighted by atomic mass is 10.1. The monoisotopic (exact) mass is 579 g/mol. The fourth-order valence-corrected chi connectivity index (χ4v) is 2.63. The van der Waals surface area contributed by atoms with E-state index in [0.29, 0.717) is 0 Å². The van der Waals surface area contributed by atoms with Gasteiger partial charge in [0.05, 0.1) is 19.6 Å². The molecule has 0 bridgehead atoms. The fraction of sp³-hybridized carbons (Fsp3) is 0.300. The lowest BCUT2D eigenvalue weighted by Gasteiger charge is -1.92. The standard InChI is InChI=1S/2C10H8.C3H7NO3S.C2H6O3S.2C2H6.CH4/c2*1-2-6-10-8-4-3-7-9(10)5-1;1-3-4-7-8(2,5)6;1-5-6(2,3)4;2*1-2;/h2*1-8H;3H,1-2H3;1-2H3;2*1-2H3;1H4. The van der Waals surface area contributed by atoms with Crippen LogP contribution in [0, 0.1) is 0 Å². The summed E-state index contributed by atoms with van der Waals surface area (Å²) in [5.74, 6) is 0. The lowest BCUT2D eigenvalue weighted by Crippen LogP contribution is -1.95. The Bertz CT molecular complexity index is 1180. The molecule has 0 atom stereocenters. The van der Waals surface area contributed by atoms with Crippen LogP contribution in [0.5, 0.6) is 0 Å². The molecular formula is C30H45NO6S2. The van der Waals surface area contributed by atoms with Gasteiger partial charge in [0, 0.05) is 6.21 Å². The lowest BCUT2D eigenvalue weighted by molar-refractivity contribution is 0.345. The Hall–Kier alpha value is -3.27. The molecule has 4 aromatic carbocycles. The van der Waals surface area contributed by atoms with Crippen LogP contribution in [0.4, 0.5) is 0 Å². The summed E-state index contributed by atoms with van der Waals surface area (Å²) < 4.78 is 47.5. The Morgan fingerprint density at radius 3 is 0.872 bits per heavy atom. The molecule has 4 rings (SSSR count). The summed E-state index contributed by atoms with van der Waals surface area (Å²) in [6.45, 7) is 9.56. The summed E-state index contributed by atoms with van der Waals surface area (Å²) in [5, 5.41) is 8.27. The van der Waals surface area contributed by atoms with Crippen molar-refractivity contribution >= 4 is 48.0 Å². The van der Waals surface area contributed by atoms with Crippen LogP contribution in [0.25, 0.3) is 21.5 Å². The minimum Gasteiger partial charge on any atom is -0.274 e. The molecule has 9 heteroatoms. The van der Waals surface area contributed by atoms with Gasteiger partial charge in [0.25, 0.3) is 10.1 Å². The molecule has 0 unspecified atom stereocenters. The van der Waals surface area contributed by atoms with Gasteiger partial charge < -0.3 is 0 Å². The number of oxime groups is 1. The third-order valence-corrected chi connectivity index (χ3v) is 4.87. The second kappa shape index (κ2) is 23.8. The third kappa shape index (κ3) is 22.4. The first kappa shape index (κ1) is 40.2. The van der Waals surface area contributed by atoms with Crippen LogP contribution in [-0.2, 0) is 28.7 Å². The largest absolute Gasteiger partial charge is 0.325 e. The van der Waals surface area contributed by atoms with Gasteiger partial charge in [0.2, 0.25) is 0 Å². The van der Waals surface area contributed by atoms with E-state index >= 15 is 0 Å². The second-order valence-corrected chi connectivity index (χ2v) is 10.0. The van der Waals surface area contributed by atoms with Gasteiger partial charge in [0.1, 0.15) is 0 Å². The molecule has 0 aliphatic rings. The van der Waals surface area contributed by atoms with Crippen molar-refractivity contribution in [2.45, 2.75) is 42.0 Å².